The normalized spacial score (nSPS) is 28.5. The zero-order chi connectivity index (χ0) is 79.4. The van der Waals surface area contributed by atoms with Gasteiger partial charge in [-0.2, -0.15) is 5.26 Å². The van der Waals surface area contributed by atoms with Gasteiger partial charge in [-0.15, -0.1) is 23.5 Å². The molecule has 0 aliphatic carbocycles. The van der Waals surface area contributed by atoms with Crippen LogP contribution in [-0.4, -0.2) is 207 Å². The van der Waals surface area contributed by atoms with E-state index in [0.717, 1.165) is 66.8 Å². The Hall–Kier alpha value is -9.29. The smallest absolute Gasteiger partial charge is 0.331 e. The van der Waals surface area contributed by atoms with Crippen LogP contribution in [0.15, 0.2) is 36.4 Å². The second kappa shape index (κ2) is 28.9. The van der Waals surface area contributed by atoms with Crippen molar-refractivity contribution in [3.05, 3.63) is 125 Å². The second-order valence-corrected chi connectivity index (χ2v) is 33.0. The van der Waals surface area contributed by atoms with E-state index in [2.05, 4.69) is 55.5 Å². The first-order valence-corrected chi connectivity index (χ1v) is 40.0. The van der Waals surface area contributed by atoms with Crippen molar-refractivity contribution in [2.24, 2.45) is 0 Å². The minimum atomic E-state index is -1.28. The number of nitrogens with one attached hydrogen (secondary N) is 2. The Bertz CT molecular complexity index is 5040. The van der Waals surface area contributed by atoms with Crippen LogP contribution in [-0.2, 0) is 65.4 Å². The lowest BCUT2D eigenvalue weighted by Gasteiger charge is -2.62. The number of piperazine rings is 2. The molecule has 28 nitrogen and oxygen atoms in total. The van der Waals surface area contributed by atoms with Crippen molar-refractivity contribution in [1.29, 1.82) is 5.26 Å². The molecule has 6 aromatic carbocycles. The number of methoxy groups -OCH3 is 8. The van der Waals surface area contributed by atoms with Crippen molar-refractivity contribution < 1.29 is 100 Å². The molecule has 20 rings (SSSR count). The molecular formula is C83H93N7O21S2. The van der Waals surface area contributed by atoms with Crippen molar-refractivity contribution in [3.8, 4) is 86.6 Å². The SMILES string of the molecule is COc1cc2c(cc1OC)[C@@]1(CS[C@@H]3c4c(OC(C)=O)c(C)c5c(c4[C@H](COC1=O)N1C3[C@H]3c4c(cc(C)c(OC)c4OC)C[C@@H]([C@@H]1C#N)N3C)OCO5)NCC2.COc1cc2c(cc1OC)[C@@]1(CS[C@@H]3c4c(OC(C)=O)c(C)c5c(c4[C@H](COC1=O)N1C3[C@H]3c4c(cc(C)c(OC)c4OC)C[C@@H]([C@@H]1O)N3C)OCO5)NCC2. The summed E-state index contributed by atoms with van der Waals surface area (Å²) in [5.41, 5.74) is 11.0. The van der Waals surface area contributed by atoms with Gasteiger partial charge >= 0.3 is 23.9 Å². The van der Waals surface area contributed by atoms with Crippen LogP contribution in [0.5, 0.6) is 80.5 Å². The Labute approximate surface area is 663 Å². The number of rotatable bonds is 10. The summed E-state index contributed by atoms with van der Waals surface area (Å²) in [6.45, 7) is 11.2. The average Bonchev–Trinajstić information content (AvgIpc) is 1.65. The highest BCUT2D eigenvalue weighted by molar-refractivity contribution is 7.99. The Morgan fingerprint density at radius 2 is 0.903 bits per heavy atom. The van der Waals surface area contributed by atoms with Gasteiger partial charge in [0.25, 0.3) is 0 Å². The molecule has 2 unspecified atom stereocenters. The van der Waals surface area contributed by atoms with E-state index in [1.165, 1.54) is 13.8 Å². The number of esters is 4. The van der Waals surface area contributed by atoms with E-state index in [9.17, 15) is 29.5 Å². The van der Waals surface area contributed by atoms with Crippen LogP contribution in [0, 0.1) is 39.0 Å². The zero-order valence-electron chi connectivity index (χ0n) is 66.0. The Morgan fingerprint density at radius 3 is 1.32 bits per heavy atom. The molecule has 14 aliphatic heterocycles. The number of ether oxygens (including phenoxy) is 16. The van der Waals surface area contributed by atoms with Crippen molar-refractivity contribution >= 4 is 47.4 Å². The zero-order valence-corrected chi connectivity index (χ0v) is 67.7. The van der Waals surface area contributed by atoms with E-state index in [1.807, 2.05) is 59.0 Å². The fourth-order valence-corrected chi connectivity index (χ4v) is 24.2. The third kappa shape index (κ3) is 11.2. The Balaban J connectivity index is 0.000000164. The fourth-order valence-electron chi connectivity index (χ4n) is 20.8. The highest BCUT2D eigenvalue weighted by atomic mass is 32.2. The van der Waals surface area contributed by atoms with E-state index in [1.54, 1.807) is 80.4 Å². The summed E-state index contributed by atoms with van der Waals surface area (Å²) >= 11 is 3.12. The molecule has 14 aliphatic rings. The van der Waals surface area contributed by atoms with Crippen molar-refractivity contribution in [2.45, 2.75) is 149 Å². The molecular weight excluding hydrogens is 1500 g/mol. The van der Waals surface area contributed by atoms with Crippen LogP contribution in [0.2, 0.25) is 0 Å². The summed E-state index contributed by atoms with van der Waals surface area (Å²) in [4.78, 5) is 64.6. The largest absolute Gasteiger partial charge is 0.493 e. The van der Waals surface area contributed by atoms with Crippen LogP contribution in [0.25, 0.3) is 0 Å². The molecule has 2 spiro atoms. The lowest BCUT2D eigenvalue weighted by molar-refractivity contribution is -0.186. The van der Waals surface area contributed by atoms with Crippen LogP contribution >= 0.6 is 23.5 Å². The standard InChI is InChI=1S/C42H46N4O10S.C41H47N3O11S/c1-19-11-23-12-25-26(15-43)46-27-16-53-41(48)42(24-14-29(50-6)28(49-5)13-22(24)9-10-44-42)17-57-40(34(46)33(45(25)4)30(23)38(52-8)35(19)51-7)32-31(27)39-37(54-18-55-39)20(2)36(32)56-21(3)47;1-18-11-22-12-24-39(46)44-25-15-52-40(47)41(23-14-27(49-6)26(48-5)13-21(23)9-10-42-41)16-56-38(32(44)31(43(24)4)28(22)36(51-8)33(18)50-7)30-29(25)37-35(53-17-54-37)19(2)34(30)55-20(3)45/h11,13-14,25-27,33-34,40,44H,9-10,12,16-18H2,1-8H3;11,13-14,24-25,31-32,38-39,42,46H,9-10,12,15-17H2,1-8H3/t25-,26-,27-,33+,34?,40+,42+;24-,25-,31+,32?,38+,39-,41+/m00/s1. The molecule has 0 aromatic heterocycles. The maximum absolute atomic E-state index is 14.9. The van der Waals surface area contributed by atoms with Crippen LogP contribution in [0.4, 0.5) is 0 Å². The number of likely N-dealkylation sites (N-methyl/N-ethyl adjacent to an activating group) is 2. The summed E-state index contributed by atoms with van der Waals surface area (Å²) in [6.07, 6.45) is 1.47. The lowest BCUT2D eigenvalue weighted by Crippen LogP contribution is -2.70. The molecule has 3 N–H and O–H groups in total. The first kappa shape index (κ1) is 76.3. The van der Waals surface area contributed by atoms with Crippen molar-refractivity contribution in [1.82, 2.24) is 30.2 Å². The highest BCUT2D eigenvalue weighted by Gasteiger charge is 2.65. The van der Waals surface area contributed by atoms with Crippen molar-refractivity contribution in [3.63, 3.8) is 0 Å². The van der Waals surface area contributed by atoms with E-state index in [-0.39, 0.29) is 62.5 Å². The van der Waals surface area contributed by atoms with Gasteiger partial charge in [0.05, 0.1) is 104 Å². The van der Waals surface area contributed by atoms with Crippen LogP contribution in [0.3, 0.4) is 0 Å². The van der Waals surface area contributed by atoms with Gasteiger partial charge in [0.15, 0.2) is 80.1 Å². The van der Waals surface area contributed by atoms with Gasteiger partial charge in [0, 0.05) is 101 Å². The maximum atomic E-state index is 14.9. The number of nitrogens with zero attached hydrogens (tertiary/aromatic N) is 5. The molecule has 14 atom stereocenters. The number of hydrogen-bond donors (Lipinski definition) is 3. The molecule has 14 heterocycles. The van der Waals surface area contributed by atoms with Gasteiger partial charge in [-0.05, 0) is 136 Å². The number of fused-ring (bicyclic) bond motifs is 18. The van der Waals surface area contributed by atoms with Gasteiger partial charge in [0.1, 0.15) is 37.0 Å². The summed E-state index contributed by atoms with van der Waals surface area (Å²) in [5, 5.41) is 30.1. The summed E-state index contributed by atoms with van der Waals surface area (Å²) < 4.78 is 97.3. The first-order chi connectivity index (χ1) is 54.5. The van der Waals surface area contributed by atoms with Crippen molar-refractivity contribution in [2.75, 3.05) is 122 Å². The quantitative estimate of drug-likeness (QED) is 0.0854. The van der Waals surface area contributed by atoms with Gasteiger partial charge in [-0.3, -0.25) is 39.8 Å². The van der Waals surface area contributed by atoms with Gasteiger partial charge in [0.2, 0.25) is 13.6 Å². The molecule has 8 bridgehead atoms. The molecule has 0 radical (unpaired) electrons. The van der Waals surface area contributed by atoms with Crippen LogP contribution in [0.1, 0.15) is 138 Å². The second-order valence-electron chi connectivity index (χ2n) is 30.8. The number of aliphatic hydroxyl groups is 1. The van der Waals surface area contributed by atoms with E-state index >= 15 is 0 Å². The number of aryl methyl sites for hydroxylation is 2. The van der Waals surface area contributed by atoms with E-state index in [4.69, 9.17) is 75.8 Å². The molecule has 4 saturated heterocycles. The number of aliphatic hydroxyl groups excluding tert-OH is 1. The summed E-state index contributed by atoms with van der Waals surface area (Å²) in [6, 6.07) is 10.4. The highest BCUT2D eigenvalue weighted by Crippen LogP contribution is 2.68. The molecule has 4 fully saturated rings. The molecule has 113 heavy (non-hydrogen) atoms. The number of thioether (sulfide) groups is 2. The minimum Gasteiger partial charge on any atom is -0.493 e. The summed E-state index contributed by atoms with van der Waals surface area (Å²) in [7, 11) is 17.1. The van der Waals surface area contributed by atoms with E-state index in [0.29, 0.717) is 142 Å². The number of carbonyl (C=O) groups is 4. The lowest BCUT2D eigenvalue weighted by atomic mass is 9.71. The number of benzene rings is 6. The fraction of sp³-hybridized carbons (Fsp3) is 0.506. The molecule has 6 aromatic rings. The third-order valence-electron chi connectivity index (χ3n) is 25.5. The molecule has 598 valence electrons. The number of nitriles is 1. The topological polar surface area (TPSA) is 297 Å². The molecule has 0 amide bonds. The van der Waals surface area contributed by atoms with Crippen LogP contribution < -0.4 is 76.9 Å². The monoisotopic (exact) mass is 1590 g/mol. The maximum Gasteiger partial charge on any atom is 0.331 e. The predicted octanol–water partition coefficient (Wildman–Crippen LogP) is 8.61. The number of carbonyl (C=O) groups excluding carboxylic acids is 4. The first-order valence-electron chi connectivity index (χ1n) is 37.9. The van der Waals surface area contributed by atoms with Gasteiger partial charge in [-0.25, -0.2) is 9.59 Å². The Morgan fingerprint density at radius 1 is 0.504 bits per heavy atom. The Kier molecular flexibility index (Phi) is 19.5. The third-order valence-corrected chi connectivity index (χ3v) is 28.4. The minimum absolute atomic E-state index is 0.0325. The van der Waals surface area contributed by atoms with Gasteiger partial charge < -0.3 is 80.9 Å². The summed E-state index contributed by atoms with van der Waals surface area (Å²) in [5.74, 6) is 6.03. The van der Waals surface area contributed by atoms with Gasteiger partial charge in [-0.1, -0.05) is 12.1 Å². The molecule has 0 saturated carbocycles. The number of hydrogen-bond acceptors (Lipinski definition) is 30. The molecule has 30 heteroatoms. The predicted molar refractivity (Wildman–Crippen MR) is 412 cm³/mol. The average molecular weight is 1590 g/mol. The van der Waals surface area contributed by atoms with E-state index < -0.39 is 81.9 Å².